The first-order valence-electron chi connectivity index (χ1n) is 7.75. The number of benzene rings is 1. The molecule has 9 heteroatoms. The second kappa shape index (κ2) is 8.22. The van der Waals surface area contributed by atoms with Crippen molar-refractivity contribution >= 4 is 43.3 Å². The number of rotatable bonds is 8. The van der Waals surface area contributed by atoms with Crippen molar-refractivity contribution in [1.29, 1.82) is 0 Å². The van der Waals surface area contributed by atoms with Gasteiger partial charge in [-0.1, -0.05) is 23.9 Å². The third kappa shape index (κ3) is 5.46. The van der Waals surface area contributed by atoms with Gasteiger partial charge in [0, 0.05) is 11.9 Å². The van der Waals surface area contributed by atoms with Crippen molar-refractivity contribution in [2.24, 2.45) is 0 Å². The molecule has 132 valence electrons. The number of thioether (sulfide) groups is 1. The second-order valence-corrected chi connectivity index (χ2v) is 9.74. The molecule has 1 N–H and O–H groups in total. The number of para-hydroxylation sites is 1. The lowest BCUT2D eigenvalue weighted by atomic mass is 10.3. The van der Waals surface area contributed by atoms with Crippen molar-refractivity contribution in [3.05, 3.63) is 48.0 Å². The fourth-order valence-corrected chi connectivity index (χ4v) is 5.39. The largest absolute Gasteiger partial charge is 0.258 e. The van der Waals surface area contributed by atoms with Crippen LogP contribution in [-0.4, -0.2) is 34.9 Å². The normalized spacial score (nSPS) is 11.9. The Kier molecular flexibility index (Phi) is 6.00. The maximum atomic E-state index is 12.0. The Hall–Kier alpha value is -1.55. The fourth-order valence-electron chi connectivity index (χ4n) is 2.09. The molecule has 0 spiro atoms. The molecule has 0 aliphatic carbocycles. The van der Waals surface area contributed by atoms with Crippen LogP contribution in [0.4, 0.5) is 0 Å². The number of thiazole rings is 1. The molecule has 0 saturated carbocycles. The highest BCUT2D eigenvalue weighted by Gasteiger charge is 2.11. The van der Waals surface area contributed by atoms with E-state index in [1.165, 1.54) is 0 Å². The molecule has 6 nitrogen and oxygen atoms in total. The van der Waals surface area contributed by atoms with E-state index in [0.717, 1.165) is 20.3 Å². The highest BCUT2D eigenvalue weighted by Crippen LogP contribution is 2.29. The maximum absolute atomic E-state index is 12.0. The molecular weight excluding hydrogens is 376 g/mol. The van der Waals surface area contributed by atoms with Crippen LogP contribution in [0.15, 0.2) is 41.0 Å². The van der Waals surface area contributed by atoms with Crippen LogP contribution < -0.4 is 4.72 Å². The topological polar surface area (TPSA) is 84.8 Å². The van der Waals surface area contributed by atoms with Gasteiger partial charge in [0.25, 0.3) is 0 Å². The van der Waals surface area contributed by atoms with Crippen molar-refractivity contribution < 1.29 is 8.42 Å². The lowest BCUT2D eigenvalue weighted by Crippen LogP contribution is -2.26. The van der Waals surface area contributed by atoms with Gasteiger partial charge < -0.3 is 0 Å². The Morgan fingerprint density at radius 1 is 1.20 bits per heavy atom. The van der Waals surface area contributed by atoms with Crippen LogP contribution in [0.3, 0.4) is 0 Å². The van der Waals surface area contributed by atoms with Crippen LogP contribution in [0.5, 0.6) is 0 Å². The highest BCUT2D eigenvalue weighted by atomic mass is 32.2. The smallest absolute Gasteiger partial charge is 0.211 e. The third-order valence-electron chi connectivity index (χ3n) is 3.36. The van der Waals surface area contributed by atoms with Crippen molar-refractivity contribution in [3.63, 3.8) is 0 Å². The predicted octanol–water partition coefficient (Wildman–Crippen LogP) is 3.00. The molecule has 2 heterocycles. The van der Waals surface area contributed by atoms with Crippen LogP contribution in [0, 0.1) is 6.92 Å². The molecule has 3 rings (SSSR count). The lowest BCUT2D eigenvalue weighted by Gasteiger charge is -2.06. The minimum absolute atomic E-state index is 0.0875. The van der Waals surface area contributed by atoms with Gasteiger partial charge in [0.1, 0.15) is 0 Å². The first-order chi connectivity index (χ1) is 12.0. The van der Waals surface area contributed by atoms with Gasteiger partial charge >= 0.3 is 0 Å². The summed E-state index contributed by atoms with van der Waals surface area (Å²) in [7, 11) is -3.32. The summed E-state index contributed by atoms with van der Waals surface area (Å²) in [6.07, 6.45) is 3.77. The maximum Gasteiger partial charge on any atom is 0.211 e. The van der Waals surface area contributed by atoms with E-state index in [4.69, 9.17) is 0 Å². The Morgan fingerprint density at radius 3 is 2.80 bits per heavy atom. The van der Waals surface area contributed by atoms with Gasteiger partial charge in [-0.15, -0.1) is 11.3 Å². The van der Waals surface area contributed by atoms with Crippen LogP contribution in [0.1, 0.15) is 17.8 Å². The zero-order chi connectivity index (χ0) is 17.7. The molecule has 0 aliphatic heterocycles. The van der Waals surface area contributed by atoms with Gasteiger partial charge in [-0.25, -0.2) is 18.1 Å². The SMILES string of the molecule is Cc1cnc(CNS(=O)(=O)CCCSc2nc3ccccc3s2)cn1. The van der Waals surface area contributed by atoms with Gasteiger partial charge in [0.15, 0.2) is 4.34 Å². The first kappa shape index (κ1) is 18.2. The predicted molar refractivity (Wildman–Crippen MR) is 102 cm³/mol. The second-order valence-electron chi connectivity index (χ2n) is 5.44. The van der Waals surface area contributed by atoms with Crippen LogP contribution in [-0.2, 0) is 16.6 Å². The van der Waals surface area contributed by atoms with Gasteiger partial charge in [-0.3, -0.25) is 9.97 Å². The Bertz CT molecular complexity index is 906. The van der Waals surface area contributed by atoms with Crippen molar-refractivity contribution in [2.45, 2.75) is 24.2 Å². The molecule has 0 saturated heterocycles. The van der Waals surface area contributed by atoms with Gasteiger partial charge in [0.2, 0.25) is 10.0 Å². The van der Waals surface area contributed by atoms with Gasteiger partial charge in [0.05, 0.1) is 40.1 Å². The molecular formula is C16H18N4O2S3. The van der Waals surface area contributed by atoms with Crippen molar-refractivity contribution in [2.75, 3.05) is 11.5 Å². The monoisotopic (exact) mass is 394 g/mol. The number of nitrogens with zero attached hydrogens (tertiary/aromatic N) is 3. The quantitative estimate of drug-likeness (QED) is 0.467. The molecule has 0 bridgehead atoms. The first-order valence-corrected chi connectivity index (χ1v) is 11.2. The zero-order valence-electron chi connectivity index (χ0n) is 13.7. The van der Waals surface area contributed by atoms with E-state index >= 15 is 0 Å². The summed E-state index contributed by atoms with van der Waals surface area (Å²) >= 11 is 3.23. The lowest BCUT2D eigenvalue weighted by molar-refractivity contribution is 0.579. The Balaban J connectivity index is 1.43. The molecule has 1 aromatic carbocycles. The molecule has 3 aromatic rings. The molecule has 25 heavy (non-hydrogen) atoms. The summed E-state index contributed by atoms with van der Waals surface area (Å²) in [5.74, 6) is 0.801. The number of hydrogen-bond acceptors (Lipinski definition) is 7. The molecule has 0 amide bonds. The summed E-state index contributed by atoms with van der Waals surface area (Å²) < 4.78 is 28.8. The van der Waals surface area contributed by atoms with E-state index in [0.29, 0.717) is 17.9 Å². The van der Waals surface area contributed by atoms with E-state index in [9.17, 15) is 8.42 Å². The third-order valence-corrected chi connectivity index (χ3v) is 7.04. The summed E-state index contributed by atoms with van der Waals surface area (Å²) in [5.41, 5.74) is 2.40. The van der Waals surface area contributed by atoms with E-state index in [1.54, 1.807) is 35.5 Å². The van der Waals surface area contributed by atoms with E-state index in [2.05, 4.69) is 19.7 Å². The van der Waals surface area contributed by atoms with Crippen molar-refractivity contribution in [1.82, 2.24) is 19.7 Å². The molecule has 0 fully saturated rings. The van der Waals surface area contributed by atoms with E-state index < -0.39 is 10.0 Å². The minimum Gasteiger partial charge on any atom is -0.258 e. The standard InChI is InChI=1S/C16H18N4O2S3/c1-12-9-18-13(10-17-12)11-19-25(21,22)8-4-7-23-16-20-14-5-2-3-6-15(14)24-16/h2-3,5-6,9-10,19H,4,7-8,11H2,1H3. The number of hydrogen-bond donors (Lipinski definition) is 1. The fraction of sp³-hybridized carbons (Fsp3) is 0.312. The number of fused-ring (bicyclic) bond motifs is 1. The average molecular weight is 395 g/mol. The summed E-state index contributed by atoms with van der Waals surface area (Å²) in [6.45, 7) is 2.00. The minimum atomic E-state index is -3.32. The molecule has 2 aromatic heterocycles. The number of sulfonamides is 1. The van der Waals surface area contributed by atoms with Crippen molar-refractivity contribution in [3.8, 4) is 0 Å². The zero-order valence-corrected chi connectivity index (χ0v) is 16.1. The van der Waals surface area contributed by atoms with Crippen LogP contribution in [0.2, 0.25) is 0 Å². The Morgan fingerprint density at radius 2 is 2.04 bits per heavy atom. The number of nitrogens with one attached hydrogen (secondary N) is 1. The number of aromatic nitrogens is 3. The van der Waals surface area contributed by atoms with Crippen LogP contribution in [0.25, 0.3) is 10.2 Å². The summed E-state index contributed by atoms with van der Waals surface area (Å²) in [5, 5.41) is 0. The van der Waals surface area contributed by atoms with E-state index in [1.807, 2.05) is 31.2 Å². The van der Waals surface area contributed by atoms with Crippen LogP contribution >= 0.6 is 23.1 Å². The molecule has 0 unspecified atom stereocenters. The number of aryl methyl sites for hydroxylation is 1. The summed E-state index contributed by atoms with van der Waals surface area (Å²) in [6, 6.07) is 7.98. The van der Waals surface area contributed by atoms with Gasteiger partial charge in [-0.2, -0.15) is 0 Å². The molecule has 0 atom stereocenters. The molecule has 0 aliphatic rings. The molecule has 0 radical (unpaired) electrons. The van der Waals surface area contributed by atoms with Gasteiger partial charge in [-0.05, 0) is 25.5 Å². The highest BCUT2D eigenvalue weighted by molar-refractivity contribution is 8.01. The average Bonchev–Trinajstić information content (AvgIpc) is 3.01. The van der Waals surface area contributed by atoms with E-state index in [-0.39, 0.29) is 12.3 Å². The summed E-state index contributed by atoms with van der Waals surface area (Å²) in [4.78, 5) is 12.8. The Labute approximate surface area is 155 Å².